The average molecular weight is 688 g/mol. The normalized spacial score (nSPS) is 11.7. The number of benzene rings is 8. The number of nitrogens with zero attached hydrogens (tertiary/aromatic N) is 3. The summed E-state index contributed by atoms with van der Waals surface area (Å²) in [5.74, 6) is 0. The Balaban J connectivity index is 1.11. The van der Waals surface area contributed by atoms with Crippen molar-refractivity contribution in [3.8, 4) is 45.0 Å². The number of aromatic nitrogens is 3. The lowest BCUT2D eigenvalue weighted by Gasteiger charge is -2.13. The average Bonchev–Trinajstić information content (AvgIpc) is 3.77. The number of hydrogen-bond acceptors (Lipinski definition) is 1. The molecule has 252 valence electrons. The van der Waals surface area contributed by atoms with Crippen LogP contribution in [0, 0.1) is 0 Å². The van der Waals surface area contributed by atoms with E-state index in [-0.39, 0.29) is 0 Å². The first-order valence-electron chi connectivity index (χ1n) is 18.5. The Labute approximate surface area is 312 Å². The van der Waals surface area contributed by atoms with Gasteiger partial charge in [0.25, 0.3) is 0 Å². The zero-order chi connectivity index (χ0) is 35.6. The van der Waals surface area contributed by atoms with Crippen LogP contribution in [0.3, 0.4) is 0 Å². The molecule has 0 atom stereocenters. The predicted octanol–water partition coefficient (Wildman–Crippen LogP) is 13.4. The summed E-state index contributed by atoms with van der Waals surface area (Å²) < 4.78 is 4.85. The summed E-state index contributed by atoms with van der Waals surface area (Å²) in [5.41, 5.74) is 13.5. The van der Waals surface area contributed by atoms with Gasteiger partial charge in [0.05, 0.1) is 33.5 Å². The van der Waals surface area contributed by atoms with Crippen LogP contribution in [-0.2, 0) is 0 Å². The number of hydrogen-bond donors (Lipinski definition) is 0. The first-order chi connectivity index (χ1) is 26.8. The quantitative estimate of drug-likeness (QED) is 0.177. The highest BCUT2D eigenvalue weighted by Gasteiger charge is 2.21. The minimum Gasteiger partial charge on any atom is -0.309 e. The largest absolute Gasteiger partial charge is 0.309 e. The van der Waals surface area contributed by atoms with Crippen LogP contribution in [0.4, 0.5) is 0 Å². The van der Waals surface area contributed by atoms with Crippen molar-refractivity contribution >= 4 is 54.4 Å². The second kappa shape index (κ2) is 12.2. The Bertz CT molecular complexity index is 3180. The van der Waals surface area contributed by atoms with E-state index in [1.165, 1.54) is 59.9 Å². The molecule has 0 aliphatic heterocycles. The Hall–Kier alpha value is -7.23. The van der Waals surface area contributed by atoms with E-state index in [2.05, 4.69) is 209 Å². The van der Waals surface area contributed by atoms with Crippen molar-refractivity contribution in [2.75, 3.05) is 0 Å². The molecular weight excluding hydrogens is 655 g/mol. The van der Waals surface area contributed by atoms with Crippen LogP contribution >= 0.6 is 0 Å². The number of pyridine rings is 1. The highest BCUT2D eigenvalue weighted by Crippen LogP contribution is 2.42. The van der Waals surface area contributed by atoms with Crippen molar-refractivity contribution in [1.29, 1.82) is 0 Å². The molecule has 0 aliphatic rings. The van der Waals surface area contributed by atoms with E-state index in [9.17, 15) is 0 Å². The molecule has 0 bridgehead atoms. The third-order valence-electron chi connectivity index (χ3n) is 10.9. The van der Waals surface area contributed by atoms with Crippen molar-refractivity contribution in [2.24, 2.45) is 0 Å². The summed E-state index contributed by atoms with van der Waals surface area (Å²) in [6, 6.07) is 71.9. The van der Waals surface area contributed by atoms with Crippen molar-refractivity contribution in [2.45, 2.75) is 0 Å². The van der Waals surface area contributed by atoms with Gasteiger partial charge in [0.1, 0.15) is 0 Å². The molecule has 0 spiro atoms. The lowest BCUT2D eigenvalue weighted by molar-refractivity contribution is 1.17. The molecule has 0 radical (unpaired) electrons. The Morgan fingerprint density at radius 3 is 1.74 bits per heavy atom. The van der Waals surface area contributed by atoms with Crippen molar-refractivity contribution in [1.82, 2.24) is 14.1 Å². The summed E-state index contributed by atoms with van der Waals surface area (Å²) in [7, 11) is 0. The van der Waals surface area contributed by atoms with Gasteiger partial charge in [0, 0.05) is 44.0 Å². The summed E-state index contributed by atoms with van der Waals surface area (Å²) in [6.45, 7) is 0. The number of rotatable bonds is 5. The van der Waals surface area contributed by atoms with Gasteiger partial charge in [-0.1, -0.05) is 146 Å². The van der Waals surface area contributed by atoms with E-state index in [0.29, 0.717) is 0 Å². The molecule has 3 aromatic heterocycles. The number of para-hydroxylation sites is 3. The zero-order valence-corrected chi connectivity index (χ0v) is 29.4. The van der Waals surface area contributed by atoms with E-state index in [1.807, 2.05) is 0 Å². The first-order valence-corrected chi connectivity index (χ1v) is 18.5. The van der Waals surface area contributed by atoms with E-state index < -0.39 is 0 Å². The van der Waals surface area contributed by atoms with E-state index in [4.69, 9.17) is 4.98 Å². The minimum absolute atomic E-state index is 0.946. The summed E-state index contributed by atoms with van der Waals surface area (Å²) >= 11 is 0. The maximum Gasteiger partial charge on any atom is 0.0721 e. The van der Waals surface area contributed by atoms with Gasteiger partial charge in [-0.05, 0) is 76.5 Å². The molecule has 0 N–H and O–H groups in total. The second-order valence-electron chi connectivity index (χ2n) is 14.0. The summed E-state index contributed by atoms with van der Waals surface area (Å²) in [4.78, 5) is 5.33. The molecule has 54 heavy (non-hydrogen) atoms. The van der Waals surface area contributed by atoms with E-state index >= 15 is 0 Å². The van der Waals surface area contributed by atoms with Crippen molar-refractivity contribution in [3.05, 3.63) is 200 Å². The number of fused-ring (bicyclic) bond motifs is 8. The van der Waals surface area contributed by atoms with Gasteiger partial charge in [-0.3, -0.25) is 0 Å². The molecular formula is C51H33N3. The lowest BCUT2D eigenvalue weighted by Crippen LogP contribution is -1.96. The zero-order valence-electron chi connectivity index (χ0n) is 29.4. The topological polar surface area (TPSA) is 22.8 Å². The van der Waals surface area contributed by atoms with Crippen LogP contribution in [0.1, 0.15) is 0 Å². The molecule has 8 aromatic carbocycles. The third-order valence-corrected chi connectivity index (χ3v) is 10.9. The molecule has 3 nitrogen and oxygen atoms in total. The molecule has 0 amide bonds. The summed E-state index contributed by atoms with van der Waals surface area (Å²) in [5, 5.41) is 7.41. The molecule has 0 aliphatic carbocycles. The standard InChI is InChI=1S/C51H33N3/c1-3-14-34(15-4-1)37-32-45(52-46(33-37)41-23-13-17-35-16-7-8-20-40(35)41)36-26-28-39(29-27-36)53-48-25-12-10-22-44(48)50-49(53)31-30-43-42-21-9-11-24-47(42)54(51(43)50)38-18-5-2-6-19-38/h1-33H. The molecule has 3 heteroatoms. The van der Waals surface area contributed by atoms with Crippen LogP contribution in [0.2, 0.25) is 0 Å². The van der Waals surface area contributed by atoms with Gasteiger partial charge < -0.3 is 9.13 Å². The van der Waals surface area contributed by atoms with Gasteiger partial charge in [0.2, 0.25) is 0 Å². The minimum atomic E-state index is 0.946. The Kier molecular flexibility index (Phi) is 6.86. The fourth-order valence-corrected chi connectivity index (χ4v) is 8.48. The van der Waals surface area contributed by atoms with Gasteiger partial charge >= 0.3 is 0 Å². The van der Waals surface area contributed by atoms with Gasteiger partial charge in [0.15, 0.2) is 0 Å². The molecule has 11 rings (SSSR count). The van der Waals surface area contributed by atoms with Crippen molar-refractivity contribution in [3.63, 3.8) is 0 Å². The Morgan fingerprint density at radius 2 is 0.944 bits per heavy atom. The van der Waals surface area contributed by atoms with E-state index in [1.54, 1.807) is 0 Å². The Morgan fingerprint density at radius 1 is 0.333 bits per heavy atom. The molecule has 0 unspecified atom stereocenters. The van der Waals surface area contributed by atoms with Crippen LogP contribution in [0.5, 0.6) is 0 Å². The van der Waals surface area contributed by atoms with Crippen molar-refractivity contribution < 1.29 is 0 Å². The molecule has 0 saturated heterocycles. The molecule has 0 fully saturated rings. The SMILES string of the molecule is c1ccc(-c2cc(-c3ccc(-n4c5ccccc5c5c4ccc4c6ccccc6n(-c6ccccc6)c45)cc3)nc(-c3cccc4ccccc34)c2)cc1. The predicted molar refractivity (Wildman–Crippen MR) is 227 cm³/mol. The first kappa shape index (κ1) is 30.4. The van der Waals surface area contributed by atoms with Crippen LogP contribution < -0.4 is 0 Å². The maximum atomic E-state index is 5.33. The fourth-order valence-electron chi connectivity index (χ4n) is 8.48. The van der Waals surface area contributed by atoms with Gasteiger partial charge in [-0.15, -0.1) is 0 Å². The monoisotopic (exact) mass is 687 g/mol. The summed E-state index contributed by atoms with van der Waals surface area (Å²) in [6.07, 6.45) is 0. The third kappa shape index (κ3) is 4.72. The molecule has 0 saturated carbocycles. The molecule has 11 aromatic rings. The smallest absolute Gasteiger partial charge is 0.0721 e. The second-order valence-corrected chi connectivity index (χ2v) is 14.0. The highest BCUT2D eigenvalue weighted by molar-refractivity contribution is 6.26. The van der Waals surface area contributed by atoms with Gasteiger partial charge in [-0.25, -0.2) is 4.98 Å². The van der Waals surface area contributed by atoms with Crippen LogP contribution in [0.25, 0.3) is 99.4 Å². The maximum absolute atomic E-state index is 5.33. The van der Waals surface area contributed by atoms with E-state index in [0.717, 1.165) is 39.5 Å². The van der Waals surface area contributed by atoms with Gasteiger partial charge in [-0.2, -0.15) is 0 Å². The lowest BCUT2D eigenvalue weighted by atomic mass is 9.97. The molecule has 3 heterocycles. The van der Waals surface area contributed by atoms with Crippen LogP contribution in [-0.4, -0.2) is 14.1 Å². The van der Waals surface area contributed by atoms with Crippen LogP contribution in [0.15, 0.2) is 200 Å². The highest BCUT2D eigenvalue weighted by atomic mass is 15.0. The fraction of sp³-hybridized carbons (Fsp3) is 0.